The van der Waals surface area contributed by atoms with Gasteiger partial charge in [0.1, 0.15) is 11.5 Å². The summed E-state index contributed by atoms with van der Waals surface area (Å²) in [6, 6.07) is 10.1. The Morgan fingerprint density at radius 2 is 1.89 bits per heavy atom. The number of aromatic nitrogens is 2. The predicted octanol–water partition coefficient (Wildman–Crippen LogP) is 1.19. The minimum atomic E-state index is -0.250. The van der Waals surface area contributed by atoms with E-state index in [4.69, 9.17) is 14.6 Å². The molecule has 0 unspecified atom stereocenters. The number of amides is 1. The molecule has 1 aromatic heterocycles. The van der Waals surface area contributed by atoms with Crippen LogP contribution >= 0.6 is 0 Å². The summed E-state index contributed by atoms with van der Waals surface area (Å²) in [6.45, 7) is 3.66. The average molecular weight is 386 g/mol. The van der Waals surface area contributed by atoms with Crippen molar-refractivity contribution >= 4 is 12.4 Å². The molecule has 1 aromatic carbocycles. The van der Waals surface area contributed by atoms with Crippen LogP contribution in [-0.2, 0) is 16.6 Å². The van der Waals surface area contributed by atoms with Crippen molar-refractivity contribution in [1.82, 2.24) is 19.4 Å². The lowest BCUT2D eigenvalue weighted by Gasteiger charge is -2.29. The van der Waals surface area contributed by atoms with Gasteiger partial charge in [-0.05, 0) is 7.05 Å². The quantitative estimate of drug-likeness (QED) is 0.780. The molecule has 0 saturated carbocycles. The molecule has 0 spiro atoms. The molecule has 0 aliphatic carbocycles. The highest BCUT2D eigenvalue weighted by atomic mass is 16.5. The molecule has 4 rings (SSSR count). The molecule has 0 radical (unpaired) electrons. The van der Waals surface area contributed by atoms with Crippen LogP contribution in [0.2, 0.25) is 0 Å². The van der Waals surface area contributed by atoms with Gasteiger partial charge in [-0.25, -0.2) is 4.98 Å². The highest BCUT2D eigenvalue weighted by Crippen LogP contribution is 2.23. The van der Waals surface area contributed by atoms with Gasteiger partial charge in [-0.15, -0.1) is 0 Å². The van der Waals surface area contributed by atoms with Gasteiger partial charge < -0.3 is 24.2 Å². The number of rotatable bonds is 2. The zero-order chi connectivity index (χ0) is 20.1. The number of imidazole rings is 1. The van der Waals surface area contributed by atoms with E-state index >= 15 is 0 Å². The summed E-state index contributed by atoms with van der Waals surface area (Å²) in [5.41, 5.74) is 1.65. The van der Waals surface area contributed by atoms with Crippen LogP contribution in [0.1, 0.15) is 10.5 Å². The third-order valence-electron chi connectivity index (χ3n) is 5.15. The highest BCUT2D eigenvalue weighted by Gasteiger charge is 2.36. The molecule has 8 heteroatoms. The van der Waals surface area contributed by atoms with Gasteiger partial charge in [-0.3, -0.25) is 9.59 Å². The van der Waals surface area contributed by atoms with Crippen LogP contribution in [0.25, 0.3) is 11.4 Å². The van der Waals surface area contributed by atoms with Crippen LogP contribution < -0.4 is 0 Å². The molecule has 28 heavy (non-hydrogen) atoms. The summed E-state index contributed by atoms with van der Waals surface area (Å²) >= 11 is 0. The van der Waals surface area contributed by atoms with Crippen LogP contribution in [0.5, 0.6) is 0 Å². The van der Waals surface area contributed by atoms with Gasteiger partial charge in [0.05, 0.1) is 25.5 Å². The minimum absolute atomic E-state index is 0.0491. The fourth-order valence-corrected chi connectivity index (χ4v) is 3.94. The van der Waals surface area contributed by atoms with Gasteiger partial charge >= 0.3 is 0 Å². The Morgan fingerprint density at radius 3 is 2.61 bits per heavy atom. The Morgan fingerprint density at radius 1 is 1.18 bits per heavy atom. The van der Waals surface area contributed by atoms with Gasteiger partial charge in [0.2, 0.25) is 0 Å². The molecule has 1 amide bonds. The lowest BCUT2D eigenvalue weighted by Crippen LogP contribution is -2.46. The summed E-state index contributed by atoms with van der Waals surface area (Å²) < 4.78 is 7.69. The average Bonchev–Trinajstić information content (AvgIpc) is 2.84. The summed E-state index contributed by atoms with van der Waals surface area (Å²) in [7, 11) is 4.03. The molecular formula is C20H26N4O4. The number of carbonyl (C=O) groups excluding carboxylic acids is 1. The van der Waals surface area contributed by atoms with Crippen molar-refractivity contribution in [3.05, 3.63) is 42.2 Å². The van der Waals surface area contributed by atoms with Gasteiger partial charge in [-0.2, -0.15) is 0 Å². The second-order valence-corrected chi connectivity index (χ2v) is 7.23. The molecule has 2 aliphatic heterocycles. The van der Waals surface area contributed by atoms with Crippen molar-refractivity contribution in [3.8, 4) is 11.4 Å². The molecule has 1 N–H and O–H groups in total. The molecule has 8 nitrogen and oxygen atoms in total. The van der Waals surface area contributed by atoms with Crippen molar-refractivity contribution in [2.75, 3.05) is 39.9 Å². The number of likely N-dealkylation sites (N-methyl/N-ethyl adjacent to an activating group) is 1. The number of hydrogen-bond donors (Lipinski definition) is 1. The van der Waals surface area contributed by atoms with E-state index < -0.39 is 0 Å². The van der Waals surface area contributed by atoms with E-state index in [1.165, 1.54) is 0 Å². The van der Waals surface area contributed by atoms with Crippen molar-refractivity contribution in [2.24, 2.45) is 13.0 Å². The third kappa shape index (κ3) is 4.23. The molecule has 2 atom stereocenters. The Labute approximate surface area is 164 Å². The Bertz CT molecular complexity index is 808. The zero-order valence-electron chi connectivity index (χ0n) is 16.2. The first-order chi connectivity index (χ1) is 13.5. The lowest BCUT2D eigenvalue weighted by atomic mass is 10.1. The van der Waals surface area contributed by atoms with Crippen molar-refractivity contribution < 1.29 is 19.4 Å². The van der Waals surface area contributed by atoms with Gasteiger partial charge in [-0.1, -0.05) is 30.3 Å². The number of carbonyl (C=O) groups is 2. The molecule has 2 aromatic rings. The maximum atomic E-state index is 13.3. The van der Waals surface area contributed by atoms with Crippen molar-refractivity contribution in [2.45, 2.75) is 6.04 Å². The number of ether oxygens (including phenoxy) is 1. The van der Waals surface area contributed by atoms with E-state index in [1.54, 1.807) is 6.20 Å². The largest absolute Gasteiger partial charge is 0.483 e. The van der Waals surface area contributed by atoms with E-state index in [9.17, 15) is 4.79 Å². The normalized spacial score (nSPS) is 22.0. The molecule has 3 heterocycles. The second kappa shape index (κ2) is 8.99. The summed E-state index contributed by atoms with van der Waals surface area (Å²) in [5.74, 6) is 1.23. The number of hydrogen-bond acceptors (Lipinski definition) is 5. The fourth-order valence-electron chi connectivity index (χ4n) is 3.94. The van der Waals surface area contributed by atoms with E-state index in [0.29, 0.717) is 18.2 Å². The first-order valence-corrected chi connectivity index (χ1v) is 9.27. The number of nitrogens with zero attached hydrogens (tertiary/aromatic N) is 4. The fraction of sp³-hybridized carbons (Fsp3) is 0.450. The monoisotopic (exact) mass is 386 g/mol. The first-order valence-electron chi connectivity index (χ1n) is 9.27. The molecular weight excluding hydrogens is 360 g/mol. The summed E-state index contributed by atoms with van der Waals surface area (Å²) in [4.78, 5) is 30.4. The smallest absolute Gasteiger partial charge is 0.290 e. The maximum Gasteiger partial charge on any atom is 0.290 e. The van der Waals surface area contributed by atoms with Gasteiger partial charge in [0.15, 0.2) is 0 Å². The molecule has 2 aliphatic rings. The topological polar surface area (TPSA) is 87.9 Å². The highest BCUT2D eigenvalue weighted by molar-refractivity contribution is 5.93. The van der Waals surface area contributed by atoms with Gasteiger partial charge in [0, 0.05) is 38.2 Å². The third-order valence-corrected chi connectivity index (χ3v) is 5.15. The van der Waals surface area contributed by atoms with E-state index in [0.717, 1.165) is 37.6 Å². The Kier molecular flexibility index (Phi) is 6.43. The van der Waals surface area contributed by atoms with Crippen LogP contribution in [0.3, 0.4) is 0 Å². The Hall–Kier alpha value is -2.71. The SMILES string of the molecule is CN1C[C@@H]2COC[C@H](C1)N(C(=O)c1cnc(-c3ccccc3)n1C)C2.O=CO. The summed E-state index contributed by atoms with van der Waals surface area (Å²) in [5, 5.41) is 6.89. The first kappa shape index (κ1) is 20.0. The second-order valence-electron chi connectivity index (χ2n) is 7.23. The summed E-state index contributed by atoms with van der Waals surface area (Å²) in [6.07, 6.45) is 1.70. The lowest BCUT2D eigenvalue weighted by molar-refractivity contribution is -0.122. The predicted molar refractivity (Wildman–Crippen MR) is 104 cm³/mol. The van der Waals surface area contributed by atoms with E-state index in [2.05, 4.69) is 16.9 Å². The van der Waals surface area contributed by atoms with Crippen molar-refractivity contribution in [1.29, 1.82) is 0 Å². The molecule has 2 fully saturated rings. The van der Waals surface area contributed by atoms with Crippen LogP contribution in [0, 0.1) is 5.92 Å². The molecule has 2 bridgehead atoms. The number of carboxylic acid groups (broad SMARTS) is 1. The van der Waals surface area contributed by atoms with Crippen LogP contribution in [0.15, 0.2) is 36.5 Å². The number of benzene rings is 1. The maximum absolute atomic E-state index is 13.3. The van der Waals surface area contributed by atoms with Crippen LogP contribution in [-0.4, -0.2) is 82.8 Å². The molecule has 150 valence electrons. The number of fused-ring (bicyclic) bond motifs is 3. The minimum Gasteiger partial charge on any atom is -0.483 e. The van der Waals surface area contributed by atoms with E-state index in [-0.39, 0.29) is 18.4 Å². The zero-order valence-corrected chi connectivity index (χ0v) is 16.2. The Balaban J connectivity index is 0.000000706. The molecule has 2 saturated heterocycles. The van der Waals surface area contributed by atoms with E-state index in [1.807, 2.05) is 46.8 Å². The standard InChI is InChI=1S/C19H24N4O2.CH2O2/c1-21-9-14-10-23(16(11-21)13-25-12-14)19(24)17-8-20-18(22(17)2)15-6-4-3-5-7-15;2-1-3/h3-8,14,16H,9-13H2,1-2H3;1H,(H,2,3)/t14-,16-;/m0./s1. The van der Waals surface area contributed by atoms with Gasteiger partial charge in [0.25, 0.3) is 12.4 Å². The van der Waals surface area contributed by atoms with Crippen molar-refractivity contribution in [3.63, 3.8) is 0 Å². The van der Waals surface area contributed by atoms with Crippen LogP contribution in [0.4, 0.5) is 0 Å².